The standard InChI is InChI=1S/C30H28N2O/c1-18(2)31-30(33)26-16-8-14-24-23-13-7-15-25(23)29(32-28(24)26)27-21-11-5-3-9-19(21)17-20-10-4-6-12-22(20)27/h3-14,16-18,23,25,29,32H,15H2,1-2H3,(H,31,33). The molecule has 1 amide bonds. The first-order valence-corrected chi connectivity index (χ1v) is 11.9. The van der Waals surface area contributed by atoms with E-state index in [0.29, 0.717) is 11.8 Å². The van der Waals surface area contributed by atoms with E-state index in [2.05, 4.69) is 83.4 Å². The van der Waals surface area contributed by atoms with Crippen LogP contribution in [0.5, 0.6) is 0 Å². The highest BCUT2D eigenvalue weighted by Crippen LogP contribution is 2.52. The van der Waals surface area contributed by atoms with Crippen molar-refractivity contribution in [2.45, 2.75) is 38.3 Å². The van der Waals surface area contributed by atoms with E-state index in [-0.39, 0.29) is 18.0 Å². The van der Waals surface area contributed by atoms with Gasteiger partial charge in [-0.15, -0.1) is 0 Å². The molecule has 0 fully saturated rings. The molecule has 0 radical (unpaired) electrons. The Bertz CT molecular complexity index is 1360. The van der Waals surface area contributed by atoms with Gasteiger partial charge in [0, 0.05) is 12.0 Å². The third-order valence-corrected chi connectivity index (χ3v) is 7.19. The van der Waals surface area contributed by atoms with E-state index < -0.39 is 0 Å². The maximum atomic E-state index is 13.1. The fourth-order valence-corrected chi connectivity index (χ4v) is 5.82. The molecule has 6 rings (SSSR count). The third-order valence-electron chi connectivity index (χ3n) is 7.19. The second kappa shape index (κ2) is 7.77. The number of carbonyl (C=O) groups excluding carboxylic acids is 1. The average Bonchev–Trinajstić information content (AvgIpc) is 3.32. The molecule has 1 aliphatic heterocycles. The zero-order valence-corrected chi connectivity index (χ0v) is 19.0. The Morgan fingerprint density at radius 2 is 1.64 bits per heavy atom. The Kier molecular flexibility index (Phi) is 4.72. The number of para-hydroxylation sites is 1. The van der Waals surface area contributed by atoms with Crippen molar-refractivity contribution in [1.82, 2.24) is 5.32 Å². The Morgan fingerprint density at radius 1 is 0.939 bits per heavy atom. The Morgan fingerprint density at radius 3 is 2.33 bits per heavy atom. The van der Waals surface area contributed by atoms with Crippen LogP contribution in [0.15, 0.2) is 84.9 Å². The summed E-state index contributed by atoms with van der Waals surface area (Å²) in [5.41, 5.74) is 4.28. The van der Waals surface area contributed by atoms with Gasteiger partial charge in [0.15, 0.2) is 0 Å². The Balaban J connectivity index is 1.58. The van der Waals surface area contributed by atoms with E-state index in [4.69, 9.17) is 0 Å². The van der Waals surface area contributed by atoms with Crippen LogP contribution in [0.4, 0.5) is 5.69 Å². The Labute approximate surface area is 194 Å². The van der Waals surface area contributed by atoms with Crippen LogP contribution in [0.25, 0.3) is 21.5 Å². The molecule has 2 aliphatic rings. The van der Waals surface area contributed by atoms with Gasteiger partial charge in [-0.1, -0.05) is 72.8 Å². The fraction of sp³-hybridized carbons (Fsp3) is 0.233. The smallest absolute Gasteiger partial charge is 0.253 e. The van der Waals surface area contributed by atoms with Crippen LogP contribution in [0.3, 0.4) is 0 Å². The molecule has 4 aromatic carbocycles. The quantitative estimate of drug-likeness (QED) is 0.271. The van der Waals surface area contributed by atoms with Gasteiger partial charge in [0.05, 0.1) is 17.3 Å². The lowest BCUT2D eigenvalue weighted by molar-refractivity contribution is 0.0943. The summed E-state index contributed by atoms with van der Waals surface area (Å²) in [5, 5.41) is 12.1. The highest BCUT2D eigenvalue weighted by atomic mass is 16.1. The molecule has 0 spiro atoms. The fourth-order valence-electron chi connectivity index (χ4n) is 5.82. The number of fused-ring (bicyclic) bond motifs is 5. The molecule has 1 aliphatic carbocycles. The number of benzene rings is 4. The number of amides is 1. The first-order chi connectivity index (χ1) is 16.1. The maximum absolute atomic E-state index is 13.1. The molecule has 1 heterocycles. The highest BCUT2D eigenvalue weighted by Gasteiger charge is 2.40. The molecule has 3 nitrogen and oxygen atoms in total. The Hall–Kier alpha value is -3.59. The van der Waals surface area contributed by atoms with Crippen molar-refractivity contribution in [3.63, 3.8) is 0 Å². The van der Waals surface area contributed by atoms with Crippen molar-refractivity contribution in [3.8, 4) is 0 Å². The van der Waals surface area contributed by atoms with Crippen molar-refractivity contribution < 1.29 is 4.79 Å². The van der Waals surface area contributed by atoms with Gasteiger partial charge in [0.25, 0.3) is 5.91 Å². The number of rotatable bonds is 3. The minimum atomic E-state index is -0.0173. The molecular formula is C30H28N2O. The number of hydrogen-bond donors (Lipinski definition) is 2. The monoisotopic (exact) mass is 432 g/mol. The summed E-state index contributed by atoms with van der Waals surface area (Å²) in [5.74, 6) is 0.696. The van der Waals surface area contributed by atoms with Crippen molar-refractivity contribution in [2.75, 3.05) is 5.32 Å². The van der Waals surface area contributed by atoms with Crippen LogP contribution in [-0.2, 0) is 0 Å². The largest absolute Gasteiger partial charge is 0.377 e. The SMILES string of the molecule is CC(C)NC(=O)c1cccc2c1NC(c1c3ccccc3cc3ccccc13)C1CC=CC21. The van der Waals surface area contributed by atoms with Gasteiger partial charge in [-0.3, -0.25) is 4.79 Å². The lowest BCUT2D eigenvalue weighted by Crippen LogP contribution is -2.34. The molecular weight excluding hydrogens is 404 g/mol. The lowest BCUT2D eigenvalue weighted by Gasteiger charge is -2.39. The van der Waals surface area contributed by atoms with Crippen molar-refractivity contribution in [1.29, 1.82) is 0 Å². The number of nitrogens with one attached hydrogen (secondary N) is 2. The summed E-state index contributed by atoms with van der Waals surface area (Å²) in [7, 11) is 0. The van der Waals surface area contributed by atoms with E-state index in [0.717, 1.165) is 17.7 Å². The van der Waals surface area contributed by atoms with E-state index in [1.807, 2.05) is 26.0 Å². The van der Waals surface area contributed by atoms with E-state index in [1.54, 1.807) is 0 Å². The predicted molar refractivity (Wildman–Crippen MR) is 137 cm³/mol. The molecule has 0 bridgehead atoms. The molecule has 33 heavy (non-hydrogen) atoms. The minimum Gasteiger partial charge on any atom is -0.377 e. The zero-order chi connectivity index (χ0) is 22.5. The summed E-state index contributed by atoms with van der Waals surface area (Å²) in [6.45, 7) is 4.00. The highest BCUT2D eigenvalue weighted by molar-refractivity contribution is 6.04. The van der Waals surface area contributed by atoms with Crippen LogP contribution in [-0.4, -0.2) is 11.9 Å². The molecule has 3 unspecified atom stereocenters. The third kappa shape index (κ3) is 3.22. The maximum Gasteiger partial charge on any atom is 0.253 e. The summed E-state index contributed by atoms with van der Waals surface area (Å²) >= 11 is 0. The first kappa shape index (κ1) is 20.0. The molecule has 0 saturated heterocycles. The van der Waals surface area contributed by atoms with Gasteiger partial charge in [-0.25, -0.2) is 0 Å². The second-order valence-electron chi connectivity index (χ2n) is 9.61. The molecule has 164 valence electrons. The second-order valence-corrected chi connectivity index (χ2v) is 9.61. The first-order valence-electron chi connectivity index (χ1n) is 11.9. The van der Waals surface area contributed by atoms with Crippen LogP contribution in [0.1, 0.15) is 53.7 Å². The molecule has 0 aromatic heterocycles. The number of hydrogen-bond acceptors (Lipinski definition) is 2. The molecule has 0 saturated carbocycles. The van der Waals surface area contributed by atoms with Gasteiger partial charge >= 0.3 is 0 Å². The van der Waals surface area contributed by atoms with Gasteiger partial charge in [0.1, 0.15) is 0 Å². The van der Waals surface area contributed by atoms with Gasteiger partial charge in [-0.2, -0.15) is 0 Å². The predicted octanol–water partition coefficient (Wildman–Crippen LogP) is 6.96. The van der Waals surface area contributed by atoms with Crippen molar-refractivity contribution in [2.24, 2.45) is 5.92 Å². The molecule has 3 atom stereocenters. The van der Waals surface area contributed by atoms with Crippen LogP contribution < -0.4 is 10.6 Å². The van der Waals surface area contributed by atoms with Gasteiger partial charge < -0.3 is 10.6 Å². The molecule has 4 aromatic rings. The summed E-state index contributed by atoms with van der Waals surface area (Å²) < 4.78 is 0. The van der Waals surface area contributed by atoms with E-state index >= 15 is 0 Å². The van der Waals surface area contributed by atoms with Crippen LogP contribution in [0, 0.1) is 5.92 Å². The lowest BCUT2D eigenvalue weighted by atomic mass is 9.74. The number of anilines is 1. The summed E-state index contributed by atoms with van der Waals surface area (Å²) in [6.07, 6.45) is 5.68. The number of carbonyl (C=O) groups is 1. The van der Waals surface area contributed by atoms with Gasteiger partial charge in [-0.05, 0) is 71.0 Å². The zero-order valence-electron chi connectivity index (χ0n) is 19.0. The normalized spacial score (nSPS) is 21.1. The minimum absolute atomic E-state index is 0.0173. The van der Waals surface area contributed by atoms with Crippen LogP contribution >= 0.6 is 0 Å². The van der Waals surface area contributed by atoms with Crippen LogP contribution in [0.2, 0.25) is 0 Å². The van der Waals surface area contributed by atoms with Crippen molar-refractivity contribution >= 4 is 33.1 Å². The van der Waals surface area contributed by atoms with Crippen molar-refractivity contribution in [3.05, 3.63) is 102 Å². The topological polar surface area (TPSA) is 41.1 Å². The van der Waals surface area contributed by atoms with E-state index in [1.165, 1.54) is 32.7 Å². The average molecular weight is 433 g/mol. The van der Waals surface area contributed by atoms with E-state index in [9.17, 15) is 4.79 Å². The molecule has 2 N–H and O–H groups in total. The summed E-state index contributed by atoms with van der Waals surface area (Å²) in [6, 6.07) is 26.0. The molecule has 3 heteroatoms. The number of allylic oxidation sites excluding steroid dienone is 2. The summed E-state index contributed by atoms with van der Waals surface area (Å²) in [4.78, 5) is 13.1. The van der Waals surface area contributed by atoms with Gasteiger partial charge in [0.2, 0.25) is 0 Å².